The van der Waals surface area contributed by atoms with Gasteiger partial charge in [0.05, 0.1) is 23.3 Å². The lowest BCUT2D eigenvalue weighted by atomic mass is 10.3. The van der Waals surface area contributed by atoms with Crippen molar-refractivity contribution in [2.45, 2.75) is 19.9 Å². The SMILES string of the molecule is CCNC(C)c1nc2ccncc2n1C. The topological polar surface area (TPSA) is 42.7 Å². The van der Waals surface area contributed by atoms with Crippen LogP contribution in [-0.2, 0) is 7.05 Å². The minimum Gasteiger partial charge on any atom is -0.329 e. The molecule has 2 heterocycles. The second-order valence-corrected chi connectivity index (χ2v) is 3.67. The summed E-state index contributed by atoms with van der Waals surface area (Å²) in [6, 6.07) is 2.21. The molecule has 0 amide bonds. The van der Waals surface area contributed by atoms with Crippen LogP contribution in [0.5, 0.6) is 0 Å². The summed E-state index contributed by atoms with van der Waals surface area (Å²) in [6.45, 7) is 5.17. The van der Waals surface area contributed by atoms with Gasteiger partial charge in [-0.3, -0.25) is 4.98 Å². The van der Waals surface area contributed by atoms with Gasteiger partial charge in [-0.2, -0.15) is 0 Å². The van der Waals surface area contributed by atoms with Crippen molar-refractivity contribution in [2.24, 2.45) is 7.05 Å². The molecule has 0 fully saturated rings. The Kier molecular flexibility index (Phi) is 2.68. The lowest BCUT2D eigenvalue weighted by molar-refractivity contribution is 0.551. The minimum atomic E-state index is 0.271. The van der Waals surface area contributed by atoms with Gasteiger partial charge in [0.25, 0.3) is 0 Å². The van der Waals surface area contributed by atoms with Crippen LogP contribution in [0.1, 0.15) is 25.7 Å². The smallest absolute Gasteiger partial charge is 0.126 e. The van der Waals surface area contributed by atoms with Gasteiger partial charge < -0.3 is 9.88 Å². The van der Waals surface area contributed by atoms with E-state index in [2.05, 4.69) is 33.7 Å². The Labute approximate surface area is 89.3 Å². The van der Waals surface area contributed by atoms with Gasteiger partial charge >= 0.3 is 0 Å². The van der Waals surface area contributed by atoms with E-state index in [-0.39, 0.29) is 6.04 Å². The first-order valence-electron chi connectivity index (χ1n) is 5.23. The molecule has 2 rings (SSSR count). The van der Waals surface area contributed by atoms with E-state index in [0.29, 0.717) is 0 Å². The van der Waals surface area contributed by atoms with Crippen molar-refractivity contribution in [3.8, 4) is 0 Å². The van der Waals surface area contributed by atoms with Crippen molar-refractivity contribution in [1.29, 1.82) is 0 Å². The normalized spacial score (nSPS) is 13.3. The first-order chi connectivity index (χ1) is 7.24. The van der Waals surface area contributed by atoms with Crippen LogP contribution >= 0.6 is 0 Å². The number of nitrogens with one attached hydrogen (secondary N) is 1. The summed E-state index contributed by atoms with van der Waals surface area (Å²) in [5.41, 5.74) is 2.09. The molecule has 2 aromatic heterocycles. The molecule has 0 bridgehead atoms. The highest BCUT2D eigenvalue weighted by molar-refractivity contribution is 5.74. The number of aryl methyl sites for hydroxylation is 1. The van der Waals surface area contributed by atoms with Crippen molar-refractivity contribution in [3.05, 3.63) is 24.3 Å². The van der Waals surface area contributed by atoms with Gasteiger partial charge in [0, 0.05) is 13.2 Å². The summed E-state index contributed by atoms with van der Waals surface area (Å²) in [6.07, 6.45) is 3.63. The molecule has 80 valence electrons. The predicted molar refractivity (Wildman–Crippen MR) is 60.6 cm³/mol. The van der Waals surface area contributed by atoms with Gasteiger partial charge in [-0.1, -0.05) is 6.92 Å². The Hall–Kier alpha value is -1.42. The highest BCUT2D eigenvalue weighted by atomic mass is 15.1. The maximum absolute atomic E-state index is 4.59. The first-order valence-corrected chi connectivity index (χ1v) is 5.23. The van der Waals surface area contributed by atoms with Crippen LogP contribution in [0.4, 0.5) is 0 Å². The van der Waals surface area contributed by atoms with Crippen molar-refractivity contribution < 1.29 is 0 Å². The molecular weight excluding hydrogens is 188 g/mol. The average Bonchev–Trinajstić information content (AvgIpc) is 2.57. The van der Waals surface area contributed by atoms with Crippen molar-refractivity contribution >= 4 is 11.0 Å². The van der Waals surface area contributed by atoms with Gasteiger partial charge in [0.2, 0.25) is 0 Å². The van der Waals surface area contributed by atoms with Gasteiger partial charge in [-0.15, -0.1) is 0 Å². The van der Waals surface area contributed by atoms with Crippen LogP contribution in [0.15, 0.2) is 18.5 Å². The summed E-state index contributed by atoms with van der Waals surface area (Å²) in [4.78, 5) is 8.70. The molecule has 0 saturated carbocycles. The second kappa shape index (κ2) is 3.98. The largest absolute Gasteiger partial charge is 0.329 e. The van der Waals surface area contributed by atoms with E-state index in [1.807, 2.05) is 19.3 Å². The number of hydrogen-bond acceptors (Lipinski definition) is 3. The number of pyridine rings is 1. The third kappa shape index (κ3) is 1.72. The molecule has 2 aromatic rings. The Bertz CT molecular complexity index is 461. The number of imidazole rings is 1. The fraction of sp³-hybridized carbons (Fsp3) is 0.455. The van der Waals surface area contributed by atoms with Gasteiger partial charge in [-0.25, -0.2) is 4.98 Å². The standard InChI is InChI=1S/C11H16N4/c1-4-13-8(2)11-14-9-5-6-12-7-10(9)15(11)3/h5-8,13H,4H2,1-3H3. The molecule has 0 aliphatic heterocycles. The Morgan fingerprint density at radius 2 is 2.33 bits per heavy atom. The molecule has 1 unspecified atom stereocenters. The summed E-state index contributed by atoms with van der Waals surface area (Å²) in [5.74, 6) is 1.06. The summed E-state index contributed by atoms with van der Waals surface area (Å²) >= 11 is 0. The van der Waals surface area contributed by atoms with Gasteiger partial charge in [0.1, 0.15) is 5.82 Å². The van der Waals surface area contributed by atoms with Crippen LogP contribution in [0.2, 0.25) is 0 Å². The fourth-order valence-corrected chi connectivity index (χ4v) is 1.84. The zero-order chi connectivity index (χ0) is 10.8. The number of hydrogen-bond donors (Lipinski definition) is 1. The molecule has 15 heavy (non-hydrogen) atoms. The molecule has 0 radical (unpaired) electrons. The van der Waals surface area contributed by atoms with Crippen molar-refractivity contribution in [2.75, 3.05) is 6.54 Å². The zero-order valence-corrected chi connectivity index (χ0v) is 9.36. The van der Waals surface area contributed by atoms with Crippen molar-refractivity contribution in [3.63, 3.8) is 0 Å². The Balaban J connectivity index is 2.48. The summed E-state index contributed by atoms with van der Waals surface area (Å²) in [7, 11) is 2.03. The molecular formula is C11H16N4. The van der Waals surface area contributed by atoms with Gasteiger partial charge in [0.15, 0.2) is 0 Å². The molecule has 0 saturated heterocycles. The van der Waals surface area contributed by atoms with Crippen LogP contribution in [-0.4, -0.2) is 21.1 Å². The highest BCUT2D eigenvalue weighted by Crippen LogP contribution is 2.17. The van der Waals surface area contributed by atoms with E-state index >= 15 is 0 Å². The molecule has 0 aromatic carbocycles. The first kappa shape index (κ1) is 10.1. The van der Waals surface area contributed by atoms with Crippen molar-refractivity contribution in [1.82, 2.24) is 19.9 Å². The molecule has 1 N–H and O–H groups in total. The van der Waals surface area contributed by atoms with Crippen LogP contribution in [0, 0.1) is 0 Å². The lowest BCUT2D eigenvalue weighted by Crippen LogP contribution is -2.20. The lowest BCUT2D eigenvalue weighted by Gasteiger charge is -2.11. The second-order valence-electron chi connectivity index (χ2n) is 3.67. The Morgan fingerprint density at radius 1 is 1.53 bits per heavy atom. The predicted octanol–water partition coefficient (Wildman–Crippen LogP) is 1.64. The molecule has 0 spiro atoms. The molecule has 0 aliphatic rings. The van der Waals surface area contributed by atoms with E-state index in [1.165, 1.54) is 0 Å². The maximum atomic E-state index is 4.59. The number of aromatic nitrogens is 3. The van der Waals surface area contributed by atoms with E-state index in [1.54, 1.807) is 6.20 Å². The molecule has 0 aliphatic carbocycles. The summed E-state index contributed by atoms with van der Waals surface area (Å²) < 4.78 is 2.09. The average molecular weight is 204 g/mol. The fourth-order valence-electron chi connectivity index (χ4n) is 1.84. The molecule has 4 heteroatoms. The highest BCUT2D eigenvalue weighted by Gasteiger charge is 2.12. The number of fused-ring (bicyclic) bond motifs is 1. The van der Waals surface area contributed by atoms with Crippen LogP contribution in [0.25, 0.3) is 11.0 Å². The van der Waals surface area contributed by atoms with Gasteiger partial charge in [-0.05, 0) is 19.5 Å². The number of rotatable bonds is 3. The quantitative estimate of drug-likeness (QED) is 0.826. The Morgan fingerprint density at radius 3 is 3.00 bits per heavy atom. The minimum absolute atomic E-state index is 0.271. The molecule has 1 atom stereocenters. The van der Waals surface area contributed by atoms with E-state index in [4.69, 9.17) is 0 Å². The summed E-state index contributed by atoms with van der Waals surface area (Å²) in [5, 5.41) is 3.36. The van der Waals surface area contributed by atoms with E-state index in [9.17, 15) is 0 Å². The van der Waals surface area contributed by atoms with E-state index < -0.39 is 0 Å². The third-order valence-corrected chi connectivity index (χ3v) is 2.62. The maximum Gasteiger partial charge on any atom is 0.126 e. The van der Waals surface area contributed by atoms with Crippen LogP contribution < -0.4 is 5.32 Å². The van der Waals surface area contributed by atoms with Crippen LogP contribution in [0.3, 0.4) is 0 Å². The number of nitrogens with zero attached hydrogens (tertiary/aromatic N) is 3. The zero-order valence-electron chi connectivity index (χ0n) is 9.36. The monoisotopic (exact) mass is 204 g/mol. The third-order valence-electron chi connectivity index (χ3n) is 2.62. The van der Waals surface area contributed by atoms with E-state index in [0.717, 1.165) is 23.4 Å². The molecule has 4 nitrogen and oxygen atoms in total.